The monoisotopic (exact) mass is 900 g/mol. The third-order valence-electron chi connectivity index (χ3n) is 10.6. The van der Waals surface area contributed by atoms with Crippen molar-refractivity contribution in [1.82, 2.24) is 0 Å². The van der Waals surface area contributed by atoms with Gasteiger partial charge in [-0.1, -0.05) is 11.8 Å². The zero-order chi connectivity index (χ0) is 46.7. The lowest BCUT2D eigenvalue weighted by Gasteiger charge is -2.46. The van der Waals surface area contributed by atoms with Crippen LogP contribution in [0.5, 0.6) is 23.0 Å². The first-order valence-corrected chi connectivity index (χ1v) is 19.1. The first-order valence-electron chi connectivity index (χ1n) is 19.1. The standard InChI is InChI=1S/C40H42N2O22/c1-59-24-10-15(2-4-22(24)44)3-5-27(46)62-33-31(50)30(49)32(38(57)58)63-40(33)64-34-29(48)28(47)26(14-43)61-39(34)60-25-12-17-11-21(37(55)56)42(20(17)13-23(25)45)7-6-16-8-18(35(51)52)41-19(9-16)36(53)54/h2-8,10,12-13,19,21,26,28-34,39-40,43,47-50H,9,11,14H2,1H3,(H6,44,45,46,51,52,53,54,55,56,57,58)/p-2/t19-,21-,26+,28+,29-,30-,31-,32-,33+,34+,39+,40-/m0/s1. The lowest BCUT2D eigenvalue weighted by molar-refractivity contribution is -0.636. The van der Waals surface area contributed by atoms with Gasteiger partial charge in [-0.05, 0) is 35.4 Å². The van der Waals surface area contributed by atoms with E-state index in [1.165, 1.54) is 49.8 Å². The van der Waals surface area contributed by atoms with Gasteiger partial charge >= 0.3 is 11.9 Å². The van der Waals surface area contributed by atoms with Gasteiger partial charge < -0.3 is 104 Å². The summed E-state index contributed by atoms with van der Waals surface area (Å²) >= 11 is 0. The maximum atomic E-state index is 13.6. The fraction of sp³-hybridized carbons (Fsp3) is 0.400. The van der Waals surface area contributed by atoms with Crippen LogP contribution < -0.4 is 35.2 Å². The number of hydrogen-bond donors (Lipinski definition) is 8. The molecule has 4 aliphatic rings. The van der Waals surface area contributed by atoms with Gasteiger partial charge in [0.25, 0.3) is 0 Å². The minimum absolute atomic E-state index is 0.00504. The summed E-state index contributed by atoms with van der Waals surface area (Å²) < 4.78 is 34.0. The molecule has 2 fully saturated rings. The summed E-state index contributed by atoms with van der Waals surface area (Å²) in [4.78, 5) is 60.4. The van der Waals surface area contributed by atoms with Gasteiger partial charge in [0.15, 0.2) is 36.2 Å². The molecule has 9 N–H and O–H groups in total. The Morgan fingerprint density at radius 1 is 0.891 bits per heavy atom. The van der Waals surface area contributed by atoms with Crippen molar-refractivity contribution in [2.45, 2.75) is 86.3 Å². The van der Waals surface area contributed by atoms with Crippen molar-refractivity contribution in [2.24, 2.45) is 0 Å². The van der Waals surface area contributed by atoms with Crippen molar-refractivity contribution >= 4 is 47.8 Å². The molecule has 6 rings (SSSR count). The van der Waals surface area contributed by atoms with Crippen LogP contribution in [-0.2, 0) is 49.3 Å². The van der Waals surface area contributed by atoms with Gasteiger partial charge in [-0.3, -0.25) is 0 Å². The van der Waals surface area contributed by atoms with Crippen LogP contribution in [-0.4, -0.2) is 164 Å². The molecule has 0 spiro atoms. The second kappa shape index (κ2) is 19.5. The number of carboxylic acid groups (broad SMARTS) is 4. The third kappa shape index (κ3) is 9.99. The Labute approximate surface area is 359 Å². The number of nitrogens with two attached hydrogens (primary N) is 1. The number of phenolic OH excluding ortho intramolecular Hbond substituents is 1. The van der Waals surface area contributed by atoms with E-state index in [1.54, 1.807) is 0 Å². The van der Waals surface area contributed by atoms with E-state index in [1.807, 2.05) is 0 Å². The largest absolute Gasteiger partial charge is 0.870 e. The van der Waals surface area contributed by atoms with E-state index in [0.29, 0.717) is 5.56 Å². The molecule has 0 aliphatic carbocycles. The molecule has 12 atom stereocenters. The Morgan fingerprint density at radius 3 is 2.25 bits per heavy atom. The van der Waals surface area contributed by atoms with E-state index in [2.05, 4.69) is 0 Å². The van der Waals surface area contributed by atoms with Crippen molar-refractivity contribution in [2.75, 3.05) is 13.7 Å². The zero-order valence-corrected chi connectivity index (χ0v) is 33.1. The molecule has 0 bridgehead atoms. The number of esters is 1. The Balaban J connectivity index is 1.30. The highest BCUT2D eigenvalue weighted by molar-refractivity contribution is 5.88. The number of hydrogen-bond acceptors (Lipinski definition) is 21. The summed E-state index contributed by atoms with van der Waals surface area (Å²) in [5, 5.41) is 123. The van der Waals surface area contributed by atoms with Gasteiger partial charge in [0.1, 0.15) is 54.4 Å². The summed E-state index contributed by atoms with van der Waals surface area (Å²) in [5.74, 6) is -9.58. The number of rotatable bonds is 14. The number of phenols is 1. The smallest absolute Gasteiger partial charge is 0.390 e. The number of benzene rings is 2. The van der Waals surface area contributed by atoms with E-state index < -0.39 is 121 Å². The Morgan fingerprint density at radius 2 is 1.61 bits per heavy atom. The number of carboxylic acids is 4. The van der Waals surface area contributed by atoms with Crippen LogP contribution in [0.4, 0.5) is 5.69 Å². The Hall–Kier alpha value is -6.48. The number of aromatic hydroxyl groups is 1. The average Bonchev–Trinajstić information content (AvgIpc) is 3.61. The lowest BCUT2D eigenvalue weighted by atomic mass is 9.97. The van der Waals surface area contributed by atoms with Crippen molar-refractivity contribution in [3.05, 3.63) is 71.0 Å². The summed E-state index contributed by atoms with van der Waals surface area (Å²) in [7, 11) is 1.28. The predicted octanol–water partition coefficient (Wildman–Crippen LogP) is -8.13. The number of ether oxygens (including phenoxy) is 6. The molecule has 24 nitrogen and oxygen atoms in total. The number of carbonyl (C=O) groups is 5. The summed E-state index contributed by atoms with van der Waals surface area (Å²) in [6, 6.07) is 3.26. The molecule has 0 saturated carbocycles. The van der Waals surface area contributed by atoms with Crippen molar-refractivity contribution in [3.63, 3.8) is 0 Å². The normalized spacial score (nSPS) is 31.6. The number of quaternary nitrogens is 1. The molecular weight excluding hydrogens is 860 g/mol. The third-order valence-corrected chi connectivity index (χ3v) is 10.6. The van der Waals surface area contributed by atoms with Crippen LogP contribution in [0.3, 0.4) is 0 Å². The molecule has 64 heavy (non-hydrogen) atoms. The van der Waals surface area contributed by atoms with Crippen molar-refractivity contribution in [3.8, 4) is 23.0 Å². The highest BCUT2D eigenvalue weighted by atomic mass is 16.8. The zero-order valence-electron chi connectivity index (χ0n) is 33.1. The summed E-state index contributed by atoms with van der Waals surface area (Å²) in [6.07, 6.45) is -15.9. The number of carbonyl (C=O) groups excluding carboxylic acids is 4. The lowest BCUT2D eigenvalue weighted by Crippen LogP contribution is -2.93. The maximum absolute atomic E-state index is 13.6. The van der Waals surface area contributed by atoms with Crippen molar-refractivity contribution < 1.29 is 118 Å². The quantitative estimate of drug-likeness (QED) is 0.0496. The molecule has 2 aromatic rings. The van der Waals surface area contributed by atoms with Crippen LogP contribution in [0.15, 0.2) is 59.8 Å². The first-order chi connectivity index (χ1) is 30.3. The molecule has 0 radical (unpaired) electrons. The van der Waals surface area contributed by atoms with Gasteiger partial charge in [-0.2, -0.15) is 4.58 Å². The number of aliphatic hydroxyl groups is 5. The molecule has 0 unspecified atom stereocenters. The molecule has 2 aromatic carbocycles. The van der Waals surface area contributed by atoms with E-state index in [-0.39, 0.29) is 46.9 Å². The van der Waals surface area contributed by atoms with Crippen LogP contribution in [0.25, 0.3) is 6.08 Å². The highest BCUT2D eigenvalue weighted by Crippen LogP contribution is 2.40. The van der Waals surface area contributed by atoms with Gasteiger partial charge in [0.05, 0.1) is 25.7 Å². The van der Waals surface area contributed by atoms with Crippen LogP contribution in [0, 0.1) is 0 Å². The molecule has 344 valence electrons. The van der Waals surface area contributed by atoms with Gasteiger partial charge in [-0.15, -0.1) is 0 Å². The number of allylic oxidation sites excluding steroid dienone is 2. The van der Waals surface area contributed by atoms with Crippen LogP contribution in [0.1, 0.15) is 17.5 Å². The second-order valence-electron chi connectivity index (χ2n) is 14.8. The molecule has 4 aliphatic heterocycles. The summed E-state index contributed by atoms with van der Waals surface area (Å²) in [6.45, 7) is -0.950. The highest BCUT2D eigenvalue weighted by Gasteiger charge is 2.53. The Kier molecular flexibility index (Phi) is 14.3. The number of aliphatic carboxylic acids is 4. The molecule has 24 heteroatoms. The summed E-state index contributed by atoms with van der Waals surface area (Å²) in [5.41, 5.74) is 0.281. The van der Waals surface area contributed by atoms with Gasteiger partial charge in [0.2, 0.25) is 23.7 Å². The second-order valence-corrected chi connectivity index (χ2v) is 14.8. The molecular formula is C40H40N2O22-2. The number of methoxy groups -OCH3 is 1. The molecule has 0 amide bonds. The van der Waals surface area contributed by atoms with Gasteiger partial charge in [0, 0.05) is 42.7 Å². The molecule has 4 heterocycles. The van der Waals surface area contributed by atoms with Gasteiger partial charge in [-0.25, -0.2) is 9.59 Å². The van der Waals surface area contributed by atoms with Crippen LogP contribution in [0.2, 0.25) is 0 Å². The minimum Gasteiger partial charge on any atom is -0.870 e. The number of aliphatic hydroxyl groups excluding tert-OH is 5. The number of nitrogens with zero attached hydrogens (tertiary/aromatic N) is 1. The first kappa shape index (κ1) is 47.0. The van der Waals surface area contributed by atoms with Crippen molar-refractivity contribution in [1.29, 1.82) is 0 Å². The predicted molar refractivity (Wildman–Crippen MR) is 196 cm³/mol. The maximum Gasteiger partial charge on any atom is 0.390 e. The topological polar surface area (TPSA) is 394 Å². The SMILES string of the molecule is COc1cc(/C=C/C(=O)O[C@H]2[C@H](O[C@H]3[C@H](Oc4cc5c(cc4[O-])[N+](=C/C=C4/C=C(C(=O)O)[NH2+][C@H](C(=O)[O-])C4)[C@H](C(=O)[O-])C5)O[C@H](CO)[C@@H](O)[C@@H]3O)O[C@H](C(=O)[O-])[C@@H](O)[C@@H]2O)ccc1O. The Bertz CT molecular complexity index is 2290. The fourth-order valence-electron chi connectivity index (χ4n) is 7.33. The molecule has 0 aromatic heterocycles. The van der Waals surface area contributed by atoms with E-state index in [4.69, 9.17) is 28.4 Å². The molecule has 2 saturated heterocycles. The number of fused-ring (bicyclic) bond motifs is 1. The van der Waals surface area contributed by atoms with Crippen LogP contribution >= 0.6 is 0 Å². The van der Waals surface area contributed by atoms with E-state index in [9.17, 15) is 80.1 Å². The average molecular weight is 901 g/mol. The minimum atomic E-state index is -2.34. The van der Waals surface area contributed by atoms with E-state index >= 15 is 0 Å². The van der Waals surface area contributed by atoms with E-state index in [0.717, 1.165) is 28.1 Å². The fourth-order valence-corrected chi connectivity index (χ4v) is 7.33.